The third-order valence-corrected chi connectivity index (χ3v) is 7.28. The molecule has 1 aliphatic heterocycles. The third-order valence-electron chi connectivity index (χ3n) is 5.24. The van der Waals surface area contributed by atoms with Crippen molar-refractivity contribution in [3.63, 3.8) is 0 Å². The smallest absolute Gasteiger partial charge is 0.261 e. The van der Waals surface area contributed by atoms with Crippen LogP contribution >= 0.6 is 34.3 Å². The van der Waals surface area contributed by atoms with Gasteiger partial charge in [0.2, 0.25) is 10.9 Å². The molecule has 0 saturated heterocycles. The molecule has 0 aliphatic carbocycles. The molecule has 1 unspecified atom stereocenters. The van der Waals surface area contributed by atoms with Gasteiger partial charge < -0.3 is 14.5 Å². The standard InChI is InChI=1S/C20H19ClFN7O2S2/c1-10-26-29-15-12(24-20(29)33-10)4-6-28(16(15)17-11(22)5-7-32-17)14(30)9-31-13-8-23-19(27(2)3)25-18(13)21/h5,7-8,16H,4,6,9H2,1-3H3. The first-order valence-corrected chi connectivity index (χ1v) is 12.1. The average molecular weight is 508 g/mol. The highest BCUT2D eigenvalue weighted by Crippen LogP contribution is 2.39. The van der Waals surface area contributed by atoms with Crippen molar-refractivity contribution in [3.05, 3.63) is 49.9 Å². The van der Waals surface area contributed by atoms with Crippen LogP contribution in [0.1, 0.15) is 27.3 Å². The number of nitrogens with zero attached hydrogens (tertiary/aromatic N) is 7. The number of imidazole rings is 1. The van der Waals surface area contributed by atoms with Gasteiger partial charge in [-0.05, 0) is 18.4 Å². The van der Waals surface area contributed by atoms with Crippen molar-refractivity contribution in [3.8, 4) is 5.75 Å². The van der Waals surface area contributed by atoms with Crippen LogP contribution in [0, 0.1) is 12.7 Å². The fraction of sp³-hybridized carbons (Fsp3) is 0.350. The van der Waals surface area contributed by atoms with E-state index >= 15 is 0 Å². The summed E-state index contributed by atoms with van der Waals surface area (Å²) in [7, 11) is 3.59. The van der Waals surface area contributed by atoms with Crippen LogP contribution in [0.2, 0.25) is 5.15 Å². The van der Waals surface area contributed by atoms with Crippen LogP contribution in [0.3, 0.4) is 0 Å². The molecule has 1 amide bonds. The molecule has 5 heterocycles. The van der Waals surface area contributed by atoms with E-state index < -0.39 is 6.04 Å². The van der Waals surface area contributed by atoms with Crippen molar-refractivity contribution in [2.45, 2.75) is 19.4 Å². The molecule has 0 saturated carbocycles. The van der Waals surface area contributed by atoms with Gasteiger partial charge in [-0.1, -0.05) is 22.9 Å². The van der Waals surface area contributed by atoms with Gasteiger partial charge in [-0.3, -0.25) is 4.79 Å². The van der Waals surface area contributed by atoms with Gasteiger partial charge in [0.05, 0.1) is 22.5 Å². The first-order chi connectivity index (χ1) is 15.8. The average Bonchev–Trinajstić information content (AvgIpc) is 3.45. The van der Waals surface area contributed by atoms with Gasteiger partial charge in [-0.15, -0.1) is 11.3 Å². The Hall–Kier alpha value is -2.83. The molecule has 1 atom stereocenters. The maximum absolute atomic E-state index is 14.7. The molecule has 1 aliphatic rings. The predicted molar refractivity (Wildman–Crippen MR) is 124 cm³/mol. The Morgan fingerprint density at radius 1 is 1.39 bits per heavy atom. The van der Waals surface area contributed by atoms with Gasteiger partial charge in [0.1, 0.15) is 16.9 Å². The Bertz CT molecular complexity index is 1350. The zero-order chi connectivity index (χ0) is 23.3. The Morgan fingerprint density at radius 3 is 2.91 bits per heavy atom. The van der Waals surface area contributed by atoms with E-state index in [2.05, 4.69) is 20.1 Å². The van der Waals surface area contributed by atoms with Gasteiger partial charge in [0, 0.05) is 27.1 Å². The fourth-order valence-corrected chi connectivity index (χ4v) is 5.60. The van der Waals surface area contributed by atoms with E-state index in [1.807, 2.05) is 6.92 Å². The molecule has 172 valence electrons. The number of aromatic nitrogens is 5. The number of rotatable bonds is 5. The SMILES string of the molecule is Cc1nn2c3c(nc2s1)CCN(C(=O)COc1cnc(N(C)C)nc1Cl)C3c1sccc1F. The zero-order valence-corrected chi connectivity index (χ0v) is 20.3. The molecule has 0 aromatic carbocycles. The number of ether oxygens (including phenoxy) is 1. The lowest BCUT2D eigenvalue weighted by Gasteiger charge is -2.34. The van der Waals surface area contributed by atoms with Gasteiger partial charge in [-0.25, -0.2) is 18.9 Å². The van der Waals surface area contributed by atoms with E-state index in [1.54, 1.807) is 33.8 Å². The summed E-state index contributed by atoms with van der Waals surface area (Å²) in [4.78, 5) is 30.8. The van der Waals surface area contributed by atoms with Crippen LogP contribution in [0.15, 0.2) is 17.6 Å². The van der Waals surface area contributed by atoms with Crippen molar-refractivity contribution in [2.75, 3.05) is 32.1 Å². The molecule has 13 heteroatoms. The van der Waals surface area contributed by atoms with E-state index in [4.69, 9.17) is 16.3 Å². The van der Waals surface area contributed by atoms with Crippen LogP contribution in [0.25, 0.3) is 4.96 Å². The van der Waals surface area contributed by atoms with Crippen molar-refractivity contribution in [1.82, 2.24) is 29.5 Å². The molecule has 0 bridgehead atoms. The van der Waals surface area contributed by atoms with Gasteiger partial charge in [0.25, 0.3) is 5.91 Å². The van der Waals surface area contributed by atoms with Crippen LogP contribution in [0.5, 0.6) is 5.75 Å². The Labute approximate surface area is 201 Å². The second-order valence-corrected chi connectivity index (χ2v) is 10.1. The second kappa shape index (κ2) is 8.50. The molecule has 33 heavy (non-hydrogen) atoms. The van der Waals surface area contributed by atoms with Crippen LogP contribution < -0.4 is 9.64 Å². The quantitative estimate of drug-likeness (QED) is 0.383. The highest BCUT2D eigenvalue weighted by atomic mass is 35.5. The van der Waals surface area contributed by atoms with Gasteiger partial charge >= 0.3 is 0 Å². The van der Waals surface area contributed by atoms with E-state index in [0.29, 0.717) is 29.5 Å². The van der Waals surface area contributed by atoms with Crippen LogP contribution in [-0.4, -0.2) is 62.6 Å². The lowest BCUT2D eigenvalue weighted by Crippen LogP contribution is -2.43. The summed E-state index contributed by atoms with van der Waals surface area (Å²) in [6.45, 7) is 1.98. The number of carbonyl (C=O) groups excluding carboxylic acids is 1. The summed E-state index contributed by atoms with van der Waals surface area (Å²) in [6.07, 6.45) is 1.97. The summed E-state index contributed by atoms with van der Waals surface area (Å²) >= 11 is 8.92. The lowest BCUT2D eigenvalue weighted by molar-refractivity contribution is -0.135. The highest BCUT2D eigenvalue weighted by Gasteiger charge is 2.38. The lowest BCUT2D eigenvalue weighted by atomic mass is 10.0. The first kappa shape index (κ1) is 22.0. The summed E-state index contributed by atoms with van der Waals surface area (Å²) in [6, 6.07) is 0.755. The minimum absolute atomic E-state index is 0.110. The van der Waals surface area contributed by atoms with Crippen molar-refractivity contribution in [1.29, 1.82) is 0 Å². The summed E-state index contributed by atoms with van der Waals surface area (Å²) in [5, 5.41) is 7.17. The monoisotopic (exact) mass is 507 g/mol. The zero-order valence-electron chi connectivity index (χ0n) is 18.0. The van der Waals surface area contributed by atoms with Gasteiger partial charge in [-0.2, -0.15) is 10.1 Å². The number of hydrogen-bond donors (Lipinski definition) is 0. The van der Waals surface area contributed by atoms with E-state index in [-0.39, 0.29) is 29.2 Å². The normalized spacial score (nSPS) is 15.7. The molecule has 0 spiro atoms. The Kier molecular flexibility index (Phi) is 5.67. The van der Waals surface area contributed by atoms with Crippen LogP contribution in [-0.2, 0) is 11.2 Å². The fourth-order valence-electron chi connectivity index (χ4n) is 3.77. The molecule has 0 N–H and O–H groups in total. The number of aryl methyl sites for hydroxylation is 1. The summed E-state index contributed by atoms with van der Waals surface area (Å²) in [5.41, 5.74) is 1.54. The summed E-state index contributed by atoms with van der Waals surface area (Å²) < 4.78 is 22.1. The number of amides is 1. The number of hydrogen-bond acceptors (Lipinski definition) is 9. The number of carbonyl (C=O) groups is 1. The number of fused-ring (bicyclic) bond motifs is 3. The topological polar surface area (TPSA) is 88.8 Å². The molecule has 0 fully saturated rings. The Balaban J connectivity index is 1.45. The Morgan fingerprint density at radius 2 is 2.21 bits per heavy atom. The molecule has 0 radical (unpaired) electrons. The second-order valence-electron chi connectivity index (χ2n) is 7.64. The number of thiophene rings is 1. The summed E-state index contributed by atoms with van der Waals surface area (Å²) in [5.74, 6) is -0.0462. The van der Waals surface area contributed by atoms with Crippen molar-refractivity contribution < 1.29 is 13.9 Å². The van der Waals surface area contributed by atoms with E-state index in [0.717, 1.165) is 15.7 Å². The molecular weight excluding hydrogens is 489 g/mol. The first-order valence-electron chi connectivity index (χ1n) is 10.0. The molecule has 5 rings (SSSR count). The van der Waals surface area contributed by atoms with Crippen molar-refractivity contribution >= 4 is 51.1 Å². The van der Waals surface area contributed by atoms with E-state index in [1.165, 1.54) is 34.9 Å². The minimum atomic E-state index is -0.649. The highest BCUT2D eigenvalue weighted by molar-refractivity contribution is 7.16. The number of halogens is 2. The largest absolute Gasteiger partial charge is 0.479 e. The third kappa shape index (κ3) is 3.91. The molecule has 4 aromatic rings. The maximum Gasteiger partial charge on any atom is 0.261 e. The number of anilines is 1. The van der Waals surface area contributed by atoms with Crippen molar-refractivity contribution in [2.24, 2.45) is 0 Å². The van der Waals surface area contributed by atoms with Crippen LogP contribution in [0.4, 0.5) is 10.3 Å². The molecule has 4 aromatic heterocycles. The van der Waals surface area contributed by atoms with E-state index in [9.17, 15) is 9.18 Å². The minimum Gasteiger partial charge on any atom is -0.479 e. The molecule has 9 nitrogen and oxygen atoms in total. The predicted octanol–water partition coefficient (Wildman–Crippen LogP) is 3.36. The maximum atomic E-state index is 14.7. The molecular formula is C20H19ClFN7O2S2. The van der Waals surface area contributed by atoms with Gasteiger partial charge in [0.15, 0.2) is 17.5 Å².